The molecule has 0 aromatic heterocycles. The quantitative estimate of drug-likeness (QED) is 0.799. The van der Waals surface area contributed by atoms with Crippen LogP contribution >= 0.6 is 0 Å². The number of alkyl halides is 2. The molecule has 1 aliphatic carbocycles. The highest BCUT2D eigenvalue weighted by Crippen LogP contribution is 2.50. The molecule has 0 radical (unpaired) electrons. The van der Waals surface area contributed by atoms with Crippen molar-refractivity contribution in [2.75, 3.05) is 13.6 Å². The molecule has 2 heterocycles. The largest absolute Gasteiger partial charge is 0.586 e. The first kappa shape index (κ1) is 13.9. The van der Waals surface area contributed by atoms with E-state index in [4.69, 9.17) is 0 Å². The Labute approximate surface area is 127 Å². The highest BCUT2D eigenvalue weighted by atomic mass is 19.3. The number of hydrogen-bond acceptors (Lipinski definition) is 4. The smallest absolute Gasteiger partial charge is 0.395 e. The van der Waals surface area contributed by atoms with Crippen LogP contribution in [0.2, 0.25) is 0 Å². The Morgan fingerprint density at radius 1 is 1.23 bits per heavy atom. The molecule has 1 aromatic carbocycles. The molecule has 1 saturated heterocycles. The predicted molar refractivity (Wildman–Crippen MR) is 74.2 cm³/mol. The molecule has 0 unspecified atom stereocenters. The monoisotopic (exact) mass is 309 g/mol. The van der Waals surface area contributed by atoms with Crippen molar-refractivity contribution >= 4 is 5.78 Å². The minimum Gasteiger partial charge on any atom is -0.395 e. The molecule has 0 amide bonds. The maximum Gasteiger partial charge on any atom is 0.586 e. The summed E-state index contributed by atoms with van der Waals surface area (Å²) in [7, 11) is 2.02. The molecular formula is C16H17F2NO3. The van der Waals surface area contributed by atoms with Crippen molar-refractivity contribution in [3.63, 3.8) is 0 Å². The van der Waals surface area contributed by atoms with Gasteiger partial charge >= 0.3 is 6.29 Å². The van der Waals surface area contributed by atoms with Gasteiger partial charge in [-0.05, 0) is 44.1 Å². The second-order valence-electron chi connectivity index (χ2n) is 6.47. The molecule has 2 aliphatic heterocycles. The van der Waals surface area contributed by atoms with Crippen LogP contribution in [0.4, 0.5) is 8.78 Å². The Morgan fingerprint density at radius 3 is 2.82 bits per heavy atom. The predicted octanol–water partition coefficient (Wildman–Crippen LogP) is 2.70. The molecule has 2 atom stereocenters. The minimum absolute atomic E-state index is 0.0694. The topological polar surface area (TPSA) is 38.8 Å². The third-order valence-corrected chi connectivity index (χ3v) is 5.33. The molecular weight excluding hydrogens is 292 g/mol. The lowest BCUT2D eigenvalue weighted by atomic mass is 9.66. The lowest BCUT2D eigenvalue weighted by Gasteiger charge is -2.41. The van der Waals surface area contributed by atoms with Crippen LogP contribution in [-0.2, 0) is 10.2 Å². The first-order chi connectivity index (χ1) is 10.4. The van der Waals surface area contributed by atoms with Gasteiger partial charge in [0, 0.05) is 24.3 Å². The summed E-state index contributed by atoms with van der Waals surface area (Å²) in [5.41, 5.74) is 0.813. The van der Waals surface area contributed by atoms with E-state index < -0.39 is 6.29 Å². The number of rotatable bonds is 1. The van der Waals surface area contributed by atoms with Crippen molar-refractivity contribution in [3.05, 3.63) is 23.8 Å². The van der Waals surface area contributed by atoms with Gasteiger partial charge in [0.25, 0.3) is 0 Å². The zero-order chi connectivity index (χ0) is 15.5. The summed E-state index contributed by atoms with van der Waals surface area (Å²) in [6.07, 6.45) is -0.822. The summed E-state index contributed by atoms with van der Waals surface area (Å²) in [6, 6.07) is 5.19. The standard InChI is InChI=1S/C16H17F2NO3/c1-19-7-6-15(5-4-11(20)9-14(15)19)10-2-3-12-13(8-10)22-16(17,18)21-12/h2-3,8,14H,4-7,9H2,1H3/t14-,15-/m1/s1. The molecule has 2 fully saturated rings. The van der Waals surface area contributed by atoms with Gasteiger partial charge in [0.05, 0.1) is 0 Å². The number of fused-ring (bicyclic) bond motifs is 2. The number of nitrogens with zero attached hydrogens (tertiary/aromatic N) is 1. The fourth-order valence-electron chi connectivity index (χ4n) is 4.18. The minimum atomic E-state index is -3.59. The Hall–Kier alpha value is -1.69. The van der Waals surface area contributed by atoms with Gasteiger partial charge in [-0.2, -0.15) is 0 Å². The van der Waals surface area contributed by atoms with Gasteiger partial charge < -0.3 is 14.4 Å². The lowest BCUT2D eigenvalue weighted by Crippen LogP contribution is -2.46. The van der Waals surface area contributed by atoms with Gasteiger partial charge in [-0.1, -0.05) is 6.07 Å². The second-order valence-corrected chi connectivity index (χ2v) is 6.47. The molecule has 4 rings (SSSR count). The zero-order valence-electron chi connectivity index (χ0n) is 12.3. The SMILES string of the molecule is CN1CC[C@@]2(c3ccc4c(c3)OC(F)(F)O4)CCC(=O)C[C@@H]12. The fraction of sp³-hybridized carbons (Fsp3) is 0.562. The lowest BCUT2D eigenvalue weighted by molar-refractivity contribution is -0.286. The van der Waals surface area contributed by atoms with Gasteiger partial charge in [0.15, 0.2) is 11.5 Å². The molecule has 3 aliphatic rings. The van der Waals surface area contributed by atoms with Crippen molar-refractivity contribution in [2.45, 2.75) is 43.4 Å². The molecule has 118 valence electrons. The second kappa shape index (κ2) is 4.41. The van der Waals surface area contributed by atoms with Crippen molar-refractivity contribution in [1.29, 1.82) is 0 Å². The summed E-state index contributed by atoms with van der Waals surface area (Å²) in [4.78, 5) is 14.0. The van der Waals surface area contributed by atoms with Crippen LogP contribution in [0, 0.1) is 0 Å². The van der Waals surface area contributed by atoms with Gasteiger partial charge in [0.1, 0.15) is 5.78 Å². The van der Waals surface area contributed by atoms with Crippen molar-refractivity contribution < 1.29 is 23.0 Å². The van der Waals surface area contributed by atoms with E-state index in [2.05, 4.69) is 14.4 Å². The third-order valence-electron chi connectivity index (χ3n) is 5.33. The number of ether oxygens (including phenoxy) is 2. The number of halogens is 2. The molecule has 1 saturated carbocycles. The number of Topliss-reactive ketones (excluding diaryl/α,β-unsaturated/α-hetero) is 1. The van der Waals surface area contributed by atoms with Crippen molar-refractivity contribution in [2.24, 2.45) is 0 Å². The van der Waals surface area contributed by atoms with Crippen molar-refractivity contribution in [1.82, 2.24) is 4.90 Å². The third kappa shape index (κ3) is 1.93. The fourth-order valence-corrected chi connectivity index (χ4v) is 4.18. The van der Waals surface area contributed by atoms with Crippen LogP contribution in [0.15, 0.2) is 18.2 Å². The van der Waals surface area contributed by atoms with E-state index >= 15 is 0 Å². The number of likely N-dealkylation sites (N-methyl/N-ethyl adjacent to an activating group) is 1. The number of ketones is 1. The average Bonchev–Trinajstić information content (AvgIpc) is 2.95. The van der Waals surface area contributed by atoms with E-state index in [1.54, 1.807) is 12.1 Å². The Morgan fingerprint density at radius 2 is 2.00 bits per heavy atom. The van der Waals surface area contributed by atoms with Crippen LogP contribution < -0.4 is 9.47 Å². The maximum absolute atomic E-state index is 13.2. The number of benzene rings is 1. The highest BCUT2D eigenvalue weighted by Gasteiger charge is 2.51. The number of hydrogen-bond donors (Lipinski definition) is 0. The normalized spacial score (nSPS) is 33.0. The van der Waals surface area contributed by atoms with Gasteiger partial charge in [-0.25, -0.2) is 0 Å². The molecule has 0 spiro atoms. The van der Waals surface area contributed by atoms with Crippen LogP contribution in [-0.4, -0.2) is 36.6 Å². The number of carbonyl (C=O) groups excluding carboxylic acids is 1. The molecule has 0 N–H and O–H groups in total. The van der Waals surface area contributed by atoms with E-state index in [1.807, 2.05) is 13.1 Å². The van der Waals surface area contributed by atoms with Gasteiger partial charge in [-0.15, -0.1) is 8.78 Å². The van der Waals surface area contributed by atoms with E-state index in [9.17, 15) is 13.6 Å². The van der Waals surface area contributed by atoms with E-state index in [0.29, 0.717) is 12.8 Å². The first-order valence-corrected chi connectivity index (χ1v) is 7.52. The summed E-state index contributed by atoms with van der Waals surface area (Å²) in [6.45, 7) is 0.905. The Balaban J connectivity index is 1.74. The van der Waals surface area contributed by atoms with E-state index in [1.165, 1.54) is 0 Å². The molecule has 1 aromatic rings. The summed E-state index contributed by atoms with van der Waals surface area (Å²) in [5.74, 6) is 0.434. The summed E-state index contributed by atoms with van der Waals surface area (Å²) in [5, 5.41) is 0. The van der Waals surface area contributed by atoms with Crippen LogP contribution in [0.25, 0.3) is 0 Å². The number of carbonyl (C=O) groups is 1. The maximum atomic E-state index is 13.2. The van der Waals surface area contributed by atoms with E-state index in [0.717, 1.165) is 24.9 Å². The summed E-state index contributed by atoms with van der Waals surface area (Å²) < 4.78 is 35.4. The first-order valence-electron chi connectivity index (χ1n) is 7.52. The number of likely N-dealkylation sites (tertiary alicyclic amines) is 1. The molecule has 6 heteroatoms. The summed E-state index contributed by atoms with van der Waals surface area (Å²) >= 11 is 0. The highest BCUT2D eigenvalue weighted by molar-refractivity contribution is 5.81. The average molecular weight is 309 g/mol. The molecule has 22 heavy (non-hydrogen) atoms. The zero-order valence-corrected chi connectivity index (χ0v) is 12.3. The van der Waals surface area contributed by atoms with E-state index in [-0.39, 0.29) is 28.7 Å². The van der Waals surface area contributed by atoms with Crippen LogP contribution in [0.3, 0.4) is 0 Å². The van der Waals surface area contributed by atoms with Crippen LogP contribution in [0.5, 0.6) is 11.5 Å². The van der Waals surface area contributed by atoms with Gasteiger partial charge in [-0.3, -0.25) is 4.79 Å². The Kier molecular flexibility index (Phi) is 2.79. The van der Waals surface area contributed by atoms with Gasteiger partial charge in [0.2, 0.25) is 0 Å². The molecule has 0 bridgehead atoms. The molecule has 4 nitrogen and oxygen atoms in total. The van der Waals surface area contributed by atoms with Crippen molar-refractivity contribution in [3.8, 4) is 11.5 Å². The Bertz CT molecular complexity index is 648. The van der Waals surface area contributed by atoms with Crippen LogP contribution in [0.1, 0.15) is 31.2 Å².